The normalized spacial score (nSPS) is 29.8. The van der Waals surface area contributed by atoms with Gasteiger partial charge < -0.3 is 5.32 Å². The predicted molar refractivity (Wildman–Crippen MR) is 54.6 cm³/mol. The Bertz CT molecular complexity index is 248. The van der Waals surface area contributed by atoms with Gasteiger partial charge in [-0.1, -0.05) is 13.3 Å². The number of nitrogens with one attached hydrogen (secondary N) is 1. The molecule has 4 heteroatoms. The second-order valence-electron chi connectivity index (χ2n) is 3.75. The van der Waals surface area contributed by atoms with Gasteiger partial charge in [0.05, 0.1) is 11.0 Å². The molecule has 0 radical (unpaired) electrons. The Morgan fingerprint density at radius 1 is 1.46 bits per heavy atom. The highest BCUT2D eigenvalue weighted by atomic mass is 32.2. The van der Waals surface area contributed by atoms with Crippen LogP contribution in [0.3, 0.4) is 0 Å². The molecule has 1 rings (SSSR count). The summed E-state index contributed by atoms with van der Waals surface area (Å²) in [5, 5.41) is 3.04. The van der Waals surface area contributed by atoms with Crippen molar-refractivity contribution >= 4 is 9.84 Å². The van der Waals surface area contributed by atoms with E-state index in [2.05, 4.69) is 5.32 Å². The quantitative estimate of drug-likeness (QED) is 0.746. The van der Waals surface area contributed by atoms with Crippen molar-refractivity contribution in [3.05, 3.63) is 0 Å². The Hall–Kier alpha value is -0.0900. The van der Waals surface area contributed by atoms with Crippen molar-refractivity contribution in [2.24, 2.45) is 0 Å². The maximum atomic E-state index is 11.7. The van der Waals surface area contributed by atoms with Gasteiger partial charge in [-0.25, -0.2) is 8.42 Å². The minimum absolute atomic E-state index is 0.107. The van der Waals surface area contributed by atoms with Crippen LogP contribution in [0.4, 0.5) is 0 Å². The van der Waals surface area contributed by atoms with Crippen LogP contribution in [0.5, 0.6) is 0 Å². The molecule has 3 nitrogen and oxygen atoms in total. The highest BCUT2D eigenvalue weighted by Crippen LogP contribution is 2.21. The molecule has 0 aromatic carbocycles. The first-order valence-corrected chi connectivity index (χ1v) is 6.74. The fourth-order valence-electron chi connectivity index (χ4n) is 1.99. The molecule has 1 N–H and O–H groups in total. The van der Waals surface area contributed by atoms with Crippen LogP contribution in [0.25, 0.3) is 0 Å². The summed E-state index contributed by atoms with van der Waals surface area (Å²) >= 11 is 0. The zero-order chi connectivity index (χ0) is 9.90. The van der Waals surface area contributed by atoms with E-state index in [1.54, 1.807) is 0 Å². The first-order valence-electron chi connectivity index (χ1n) is 5.03. The fraction of sp³-hybridized carbons (Fsp3) is 1.00. The molecule has 1 aliphatic heterocycles. The minimum Gasteiger partial charge on any atom is -0.313 e. The Kier molecular flexibility index (Phi) is 3.74. The standard InChI is InChI=1S/C9H19NO2S/c1-3-10-8(2)9-6-4-5-7-13(9,11)12/h8-10H,3-7H2,1-2H3. The number of hydrogen-bond donors (Lipinski definition) is 1. The molecule has 0 saturated carbocycles. The number of hydrogen-bond acceptors (Lipinski definition) is 3. The van der Waals surface area contributed by atoms with E-state index in [1.807, 2.05) is 13.8 Å². The van der Waals surface area contributed by atoms with E-state index in [9.17, 15) is 8.42 Å². The van der Waals surface area contributed by atoms with Crippen molar-refractivity contribution in [3.8, 4) is 0 Å². The van der Waals surface area contributed by atoms with E-state index < -0.39 is 9.84 Å². The number of sulfone groups is 1. The third-order valence-corrected chi connectivity index (χ3v) is 5.14. The van der Waals surface area contributed by atoms with Crippen molar-refractivity contribution in [2.75, 3.05) is 12.3 Å². The SMILES string of the molecule is CCNC(C)C1CCCCS1(=O)=O. The van der Waals surface area contributed by atoms with Gasteiger partial charge in [-0.15, -0.1) is 0 Å². The van der Waals surface area contributed by atoms with Crippen LogP contribution in [-0.2, 0) is 9.84 Å². The highest BCUT2D eigenvalue weighted by molar-refractivity contribution is 7.92. The van der Waals surface area contributed by atoms with Crippen LogP contribution < -0.4 is 5.32 Å². The van der Waals surface area contributed by atoms with Gasteiger partial charge >= 0.3 is 0 Å². The highest BCUT2D eigenvalue weighted by Gasteiger charge is 2.32. The van der Waals surface area contributed by atoms with Crippen LogP contribution in [0.15, 0.2) is 0 Å². The van der Waals surface area contributed by atoms with E-state index in [0.29, 0.717) is 5.75 Å². The van der Waals surface area contributed by atoms with Crippen LogP contribution in [0.1, 0.15) is 33.1 Å². The predicted octanol–water partition coefficient (Wildman–Crippen LogP) is 0.952. The fourth-order valence-corrected chi connectivity index (χ4v) is 4.15. The largest absolute Gasteiger partial charge is 0.313 e. The molecule has 0 bridgehead atoms. The number of rotatable bonds is 3. The summed E-state index contributed by atoms with van der Waals surface area (Å²) in [5.74, 6) is 0.382. The summed E-state index contributed by atoms with van der Waals surface area (Å²) < 4.78 is 23.3. The van der Waals surface area contributed by atoms with E-state index in [4.69, 9.17) is 0 Å². The first kappa shape index (κ1) is 11.0. The van der Waals surface area contributed by atoms with Gasteiger partial charge in [-0.3, -0.25) is 0 Å². The Morgan fingerprint density at radius 2 is 2.15 bits per heavy atom. The molecular formula is C9H19NO2S. The average Bonchev–Trinajstić information content (AvgIpc) is 2.03. The maximum Gasteiger partial charge on any atom is 0.154 e. The second kappa shape index (κ2) is 4.42. The van der Waals surface area contributed by atoms with Gasteiger partial charge in [0.1, 0.15) is 0 Å². The summed E-state index contributed by atoms with van der Waals surface area (Å²) in [4.78, 5) is 0. The third-order valence-electron chi connectivity index (χ3n) is 2.71. The average molecular weight is 205 g/mol. The van der Waals surface area contributed by atoms with Crippen molar-refractivity contribution in [2.45, 2.75) is 44.4 Å². The lowest BCUT2D eigenvalue weighted by molar-refractivity contribution is 0.464. The monoisotopic (exact) mass is 205 g/mol. The molecule has 2 unspecified atom stereocenters. The summed E-state index contributed by atoms with van der Waals surface area (Å²) in [6.07, 6.45) is 2.73. The molecule has 0 spiro atoms. The van der Waals surface area contributed by atoms with Crippen molar-refractivity contribution < 1.29 is 8.42 Å². The van der Waals surface area contributed by atoms with Crippen LogP contribution in [0, 0.1) is 0 Å². The lowest BCUT2D eigenvalue weighted by Crippen LogP contribution is -2.44. The van der Waals surface area contributed by atoms with E-state index in [-0.39, 0.29) is 11.3 Å². The van der Waals surface area contributed by atoms with Gasteiger partial charge in [0.25, 0.3) is 0 Å². The summed E-state index contributed by atoms with van der Waals surface area (Å²) in [6, 6.07) is 0.107. The minimum atomic E-state index is -2.81. The Morgan fingerprint density at radius 3 is 2.69 bits per heavy atom. The van der Waals surface area contributed by atoms with Gasteiger partial charge in [0.2, 0.25) is 0 Å². The molecule has 1 saturated heterocycles. The lowest BCUT2D eigenvalue weighted by atomic mass is 10.1. The van der Waals surface area contributed by atoms with E-state index >= 15 is 0 Å². The molecule has 1 fully saturated rings. The smallest absolute Gasteiger partial charge is 0.154 e. The van der Waals surface area contributed by atoms with Gasteiger partial charge in [-0.05, 0) is 26.3 Å². The maximum absolute atomic E-state index is 11.7. The summed E-state index contributed by atoms with van der Waals surface area (Å²) in [6.45, 7) is 4.82. The second-order valence-corrected chi connectivity index (χ2v) is 6.09. The van der Waals surface area contributed by atoms with Crippen molar-refractivity contribution in [1.29, 1.82) is 0 Å². The van der Waals surface area contributed by atoms with Gasteiger partial charge in [0, 0.05) is 6.04 Å². The van der Waals surface area contributed by atoms with E-state index in [1.165, 1.54) is 0 Å². The van der Waals surface area contributed by atoms with Crippen LogP contribution in [0.2, 0.25) is 0 Å². The summed E-state index contributed by atoms with van der Waals surface area (Å²) in [5.41, 5.74) is 0. The Labute approximate surface area is 80.8 Å². The lowest BCUT2D eigenvalue weighted by Gasteiger charge is -2.27. The van der Waals surface area contributed by atoms with Crippen LogP contribution in [-0.4, -0.2) is 32.0 Å². The van der Waals surface area contributed by atoms with Crippen LogP contribution >= 0.6 is 0 Å². The molecule has 1 heterocycles. The molecule has 78 valence electrons. The molecule has 13 heavy (non-hydrogen) atoms. The summed E-state index contributed by atoms with van der Waals surface area (Å²) in [7, 11) is -2.81. The van der Waals surface area contributed by atoms with E-state index in [0.717, 1.165) is 25.8 Å². The molecular weight excluding hydrogens is 186 g/mol. The molecule has 1 aliphatic rings. The van der Waals surface area contributed by atoms with Gasteiger partial charge in [-0.2, -0.15) is 0 Å². The molecule has 0 aliphatic carbocycles. The third kappa shape index (κ3) is 2.68. The topological polar surface area (TPSA) is 46.2 Å². The molecule has 0 aromatic rings. The molecule has 0 aromatic heterocycles. The Balaban J connectivity index is 2.65. The van der Waals surface area contributed by atoms with Gasteiger partial charge in [0.15, 0.2) is 9.84 Å². The first-order chi connectivity index (χ1) is 6.08. The zero-order valence-corrected chi connectivity index (χ0v) is 9.23. The molecule has 0 amide bonds. The zero-order valence-electron chi connectivity index (χ0n) is 8.41. The van der Waals surface area contributed by atoms with Crippen molar-refractivity contribution in [3.63, 3.8) is 0 Å². The van der Waals surface area contributed by atoms with Crippen molar-refractivity contribution in [1.82, 2.24) is 5.32 Å². The molecule has 2 atom stereocenters.